The fraction of sp³-hybridized carbons (Fsp3) is 0.500. The van der Waals surface area contributed by atoms with Crippen molar-refractivity contribution in [3.8, 4) is 5.75 Å². The summed E-state index contributed by atoms with van der Waals surface area (Å²) in [5, 5.41) is 5.05. The molecule has 7 nitrogen and oxygen atoms in total. The number of nitrogens with one attached hydrogen (secondary N) is 2. The summed E-state index contributed by atoms with van der Waals surface area (Å²) in [7, 11) is 0. The van der Waals surface area contributed by atoms with Crippen molar-refractivity contribution in [3.63, 3.8) is 0 Å². The number of urea groups is 1. The van der Waals surface area contributed by atoms with E-state index in [0.717, 1.165) is 23.5 Å². The molecule has 0 aromatic heterocycles. The summed E-state index contributed by atoms with van der Waals surface area (Å²) in [6.07, 6.45) is -3.63. The van der Waals surface area contributed by atoms with Gasteiger partial charge in [0.05, 0.1) is 0 Å². The van der Waals surface area contributed by atoms with Crippen LogP contribution >= 0.6 is 0 Å². The molecule has 1 fully saturated rings. The number of carbonyl (C=O) groups is 3. The zero-order valence-corrected chi connectivity index (χ0v) is 15.7. The van der Waals surface area contributed by atoms with E-state index in [4.69, 9.17) is 0 Å². The molecule has 2 rings (SSSR count). The summed E-state index contributed by atoms with van der Waals surface area (Å²) in [4.78, 5) is 37.6. The zero-order valence-electron chi connectivity index (χ0n) is 15.7. The maximum atomic E-state index is 12.6. The highest BCUT2D eigenvalue weighted by molar-refractivity contribution is 6.09. The smallest absolute Gasteiger partial charge is 0.406 e. The van der Waals surface area contributed by atoms with Crippen molar-refractivity contribution in [2.45, 2.75) is 45.5 Å². The van der Waals surface area contributed by atoms with Gasteiger partial charge in [0.2, 0.25) is 5.91 Å². The van der Waals surface area contributed by atoms with Crippen molar-refractivity contribution in [2.24, 2.45) is 5.92 Å². The molecule has 0 unspecified atom stereocenters. The molecule has 10 heteroatoms. The molecule has 1 aromatic carbocycles. The largest absolute Gasteiger partial charge is 0.573 e. The number of imide groups is 1. The summed E-state index contributed by atoms with van der Waals surface area (Å²) in [6, 6.07) is 3.87. The number of amides is 4. The van der Waals surface area contributed by atoms with Gasteiger partial charge in [-0.05, 0) is 49.9 Å². The molecular weight excluding hydrogens is 379 g/mol. The molecule has 0 aliphatic carbocycles. The van der Waals surface area contributed by atoms with Crippen LogP contribution in [0.2, 0.25) is 0 Å². The monoisotopic (exact) mass is 401 g/mol. The van der Waals surface area contributed by atoms with E-state index in [9.17, 15) is 27.6 Å². The Balaban J connectivity index is 1.95. The van der Waals surface area contributed by atoms with Gasteiger partial charge in [-0.3, -0.25) is 14.5 Å². The summed E-state index contributed by atoms with van der Waals surface area (Å²) < 4.78 is 40.2. The molecule has 0 bridgehead atoms. The van der Waals surface area contributed by atoms with Crippen LogP contribution in [-0.2, 0) is 9.59 Å². The van der Waals surface area contributed by atoms with Crippen LogP contribution in [0.1, 0.15) is 33.6 Å². The number of ether oxygens (including phenoxy) is 1. The lowest BCUT2D eigenvalue weighted by atomic mass is 9.92. The van der Waals surface area contributed by atoms with E-state index in [0.29, 0.717) is 12.3 Å². The molecule has 1 aliphatic heterocycles. The van der Waals surface area contributed by atoms with Crippen molar-refractivity contribution in [2.75, 3.05) is 11.9 Å². The number of rotatable bonds is 7. The second kappa shape index (κ2) is 8.07. The standard InChI is InChI=1S/C18H22F3N3O4/c1-11(2)8-9-17(3)15(26)24(16(27)23-17)10-14(25)22-12-4-6-13(7-5-12)28-18(19,20)21/h4-7,11H,8-10H2,1-3H3,(H,22,25)(H,23,27)/t17-/m0/s1. The Hall–Kier alpha value is -2.78. The Morgan fingerprint density at radius 1 is 1.25 bits per heavy atom. The number of alkyl halides is 3. The first kappa shape index (κ1) is 21.5. The number of benzene rings is 1. The first-order valence-electron chi connectivity index (χ1n) is 8.69. The van der Waals surface area contributed by atoms with Gasteiger partial charge in [-0.1, -0.05) is 13.8 Å². The second-order valence-electron chi connectivity index (χ2n) is 7.21. The van der Waals surface area contributed by atoms with E-state index in [1.807, 2.05) is 13.8 Å². The number of hydrogen-bond acceptors (Lipinski definition) is 4. The van der Waals surface area contributed by atoms with Crippen LogP contribution in [0.25, 0.3) is 0 Å². The van der Waals surface area contributed by atoms with Crippen LogP contribution < -0.4 is 15.4 Å². The molecule has 154 valence electrons. The third-order valence-electron chi connectivity index (χ3n) is 4.24. The first-order chi connectivity index (χ1) is 12.9. The molecule has 0 radical (unpaired) electrons. The van der Waals surface area contributed by atoms with E-state index in [-0.39, 0.29) is 5.69 Å². The minimum Gasteiger partial charge on any atom is -0.406 e. The molecule has 1 aromatic rings. The Bertz CT molecular complexity index is 749. The van der Waals surface area contributed by atoms with Gasteiger partial charge in [0.1, 0.15) is 17.8 Å². The van der Waals surface area contributed by atoms with Crippen molar-refractivity contribution in [1.29, 1.82) is 0 Å². The van der Waals surface area contributed by atoms with Crippen LogP contribution in [0, 0.1) is 5.92 Å². The van der Waals surface area contributed by atoms with E-state index >= 15 is 0 Å². The molecule has 0 saturated carbocycles. The topological polar surface area (TPSA) is 87.7 Å². The number of carbonyl (C=O) groups excluding carboxylic acids is 3. The van der Waals surface area contributed by atoms with Gasteiger partial charge < -0.3 is 15.4 Å². The molecular formula is C18H22F3N3O4. The maximum absolute atomic E-state index is 12.6. The highest BCUT2D eigenvalue weighted by Crippen LogP contribution is 2.26. The zero-order chi connectivity index (χ0) is 21.1. The van der Waals surface area contributed by atoms with Crippen LogP contribution in [0.15, 0.2) is 24.3 Å². The maximum Gasteiger partial charge on any atom is 0.573 e. The predicted molar refractivity (Wildman–Crippen MR) is 94.5 cm³/mol. The Kier molecular flexibility index (Phi) is 6.20. The predicted octanol–water partition coefficient (Wildman–Crippen LogP) is 3.27. The third-order valence-corrected chi connectivity index (χ3v) is 4.24. The lowest BCUT2D eigenvalue weighted by Gasteiger charge is -2.22. The highest BCUT2D eigenvalue weighted by Gasteiger charge is 2.47. The fourth-order valence-corrected chi connectivity index (χ4v) is 2.72. The molecule has 1 saturated heterocycles. The average molecular weight is 401 g/mol. The molecule has 28 heavy (non-hydrogen) atoms. The molecule has 4 amide bonds. The van der Waals surface area contributed by atoms with Gasteiger partial charge in [-0.25, -0.2) is 4.79 Å². The summed E-state index contributed by atoms with van der Waals surface area (Å²) in [6.45, 7) is 5.12. The Morgan fingerprint density at radius 3 is 2.39 bits per heavy atom. The first-order valence-corrected chi connectivity index (χ1v) is 8.69. The minimum absolute atomic E-state index is 0.203. The number of hydrogen-bond donors (Lipinski definition) is 2. The molecule has 1 atom stereocenters. The second-order valence-corrected chi connectivity index (χ2v) is 7.21. The summed E-state index contributed by atoms with van der Waals surface area (Å²) >= 11 is 0. The van der Waals surface area contributed by atoms with E-state index < -0.39 is 42.0 Å². The minimum atomic E-state index is -4.81. The van der Waals surface area contributed by atoms with Crippen LogP contribution in [0.5, 0.6) is 5.75 Å². The van der Waals surface area contributed by atoms with Gasteiger partial charge in [0.15, 0.2) is 0 Å². The lowest BCUT2D eigenvalue weighted by molar-refractivity contribution is -0.274. The van der Waals surface area contributed by atoms with Gasteiger partial charge in [0, 0.05) is 5.69 Å². The van der Waals surface area contributed by atoms with Crippen molar-refractivity contribution < 1.29 is 32.3 Å². The van der Waals surface area contributed by atoms with Crippen LogP contribution in [-0.4, -0.2) is 41.2 Å². The molecule has 0 spiro atoms. The van der Waals surface area contributed by atoms with Gasteiger partial charge in [-0.2, -0.15) is 0 Å². The quantitative estimate of drug-likeness (QED) is 0.687. The summed E-state index contributed by atoms with van der Waals surface area (Å²) in [5.74, 6) is -1.22. The van der Waals surface area contributed by atoms with E-state index in [1.165, 1.54) is 12.1 Å². The van der Waals surface area contributed by atoms with Gasteiger partial charge in [0.25, 0.3) is 5.91 Å². The average Bonchev–Trinajstić information content (AvgIpc) is 2.77. The van der Waals surface area contributed by atoms with Crippen molar-refractivity contribution >= 4 is 23.5 Å². The third kappa shape index (κ3) is 5.61. The highest BCUT2D eigenvalue weighted by atomic mass is 19.4. The Morgan fingerprint density at radius 2 is 1.86 bits per heavy atom. The normalized spacial score (nSPS) is 19.8. The molecule has 1 aliphatic rings. The lowest BCUT2D eigenvalue weighted by Crippen LogP contribution is -2.44. The van der Waals surface area contributed by atoms with Crippen LogP contribution in [0.4, 0.5) is 23.7 Å². The number of nitrogens with zero attached hydrogens (tertiary/aromatic N) is 1. The SMILES string of the molecule is CC(C)CC[C@]1(C)NC(=O)N(CC(=O)Nc2ccc(OC(F)(F)F)cc2)C1=O. The van der Waals surface area contributed by atoms with Gasteiger partial charge >= 0.3 is 12.4 Å². The van der Waals surface area contributed by atoms with E-state index in [1.54, 1.807) is 6.92 Å². The van der Waals surface area contributed by atoms with Gasteiger partial charge in [-0.15, -0.1) is 13.2 Å². The molecule has 1 heterocycles. The number of anilines is 1. The molecule has 2 N–H and O–H groups in total. The Labute approximate surface area is 160 Å². The summed E-state index contributed by atoms with van der Waals surface area (Å²) in [5.41, 5.74) is -0.854. The van der Waals surface area contributed by atoms with Crippen LogP contribution in [0.3, 0.4) is 0 Å². The fourth-order valence-electron chi connectivity index (χ4n) is 2.72. The van der Waals surface area contributed by atoms with E-state index in [2.05, 4.69) is 15.4 Å². The number of halogens is 3. The van der Waals surface area contributed by atoms with Crippen molar-refractivity contribution in [3.05, 3.63) is 24.3 Å². The van der Waals surface area contributed by atoms with Crippen molar-refractivity contribution in [1.82, 2.24) is 10.2 Å².